The first-order chi connectivity index (χ1) is 14.7. The molecule has 0 unspecified atom stereocenters. The average molecular weight is 415 g/mol. The summed E-state index contributed by atoms with van der Waals surface area (Å²) in [7, 11) is 0. The Labute approximate surface area is 184 Å². The minimum atomic E-state index is -0.216. The number of aryl methyl sites for hydroxylation is 2. The number of hydrogen-bond donors (Lipinski definition) is 0. The van der Waals surface area contributed by atoms with E-state index >= 15 is 0 Å². The zero-order valence-corrected chi connectivity index (χ0v) is 19.4. The van der Waals surface area contributed by atoms with Crippen LogP contribution in [0.5, 0.6) is 5.75 Å². The lowest BCUT2D eigenvalue weighted by Crippen LogP contribution is -2.25. The standard InChI is InChI=1S/C28H43FO/c1-3-20-30-28-18-7-22(2)27(21-28)17-12-24-10-15-26(16-11-24)25-13-8-23(9-14-25)6-4-5-19-29/h4,6-7,18,21,23-26H,3,5,8-17,19-20H2,1-2H3/b6-4+/t23-,24?,25-,26?. The van der Waals surface area contributed by atoms with E-state index in [1.54, 1.807) is 0 Å². The van der Waals surface area contributed by atoms with Crippen LogP contribution < -0.4 is 4.74 Å². The van der Waals surface area contributed by atoms with Crippen LogP contribution in [0.15, 0.2) is 30.4 Å². The topological polar surface area (TPSA) is 9.23 Å². The van der Waals surface area contributed by atoms with Crippen LogP contribution in [0.2, 0.25) is 0 Å². The van der Waals surface area contributed by atoms with E-state index in [2.05, 4.69) is 44.2 Å². The zero-order chi connectivity index (χ0) is 21.2. The molecule has 30 heavy (non-hydrogen) atoms. The molecule has 0 amide bonds. The fourth-order valence-corrected chi connectivity index (χ4v) is 5.70. The van der Waals surface area contributed by atoms with Crippen LogP contribution in [-0.2, 0) is 6.42 Å². The fraction of sp³-hybridized carbons (Fsp3) is 0.714. The number of benzene rings is 1. The first kappa shape index (κ1) is 23.4. The van der Waals surface area contributed by atoms with E-state index in [0.29, 0.717) is 12.3 Å². The van der Waals surface area contributed by atoms with Crippen molar-refractivity contribution in [2.75, 3.05) is 13.3 Å². The number of allylic oxidation sites excluding steroid dienone is 2. The quantitative estimate of drug-likeness (QED) is 0.350. The average Bonchev–Trinajstić information content (AvgIpc) is 2.79. The summed E-state index contributed by atoms with van der Waals surface area (Å²) in [4.78, 5) is 0. The third-order valence-electron chi connectivity index (χ3n) is 7.67. The lowest BCUT2D eigenvalue weighted by molar-refractivity contribution is 0.152. The Balaban J connectivity index is 1.38. The monoisotopic (exact) mass is 414 g/mol. The summed E-state index contributed by atoms with van der Waals surface area (Å²) in [5.41, 5.74) is 2.88. The molecule has 2 aliphatic rings. The van der Waals surface area contributed by atoms with E-state index in [0.717, 1.165) is 36.5 Å². The van der Waals surface area contributed by atoms with Gasteiger partial charge in [0.25, 0.3) is 0 Å². The van der Waals surface area contributed by atoms with Gasteiger partial charge in [-0.05, 0) is 118 Å². The van der Waals surface area contributed by atoms with Crippen LogP contribution in [0.25, 0.3) is 0 Å². The van der Waals surface area contributed by atoms with Gasteiger partial charge in [-0.3, -0.25) is 4.39 Å². The molecule has 2 aliphatic carbocycles. The van der Waals surface area contributed by atoms with E-state index in [4.69, 9.17) is 4.74 Å². The first-order valence-electron chi connectivity index (χ1n) is 12.6. The van der Waals surface area contributed by atoms with E-state index in [9.17, 15) is 4.39 Å². The number of alkyl halides is 1. The second-order valence-electron chi connectivity index (χ2n) is 9.84. The third-order valence-corrected chi connectivity index (χ3v) is 7.67. The number of ether oxygens (including phenoxy) is 1. The molecule has 1 nitrogen and oxygen atoms in total. The van der Waals surface area contributed by atoms with Gasteiger partial charge in [-0.2, -0.15) is 0 Å². The van der Waals surface area contributed by atoms with Crippen LogP contribution in [-0.4, -0.2) is 13.3 Å². The second-order valence-corrected chi connectivity index (χ2v) is 9.84. The lowest BCUT2D eigenvalue weighted by atomic mass is 9.68. The largest absolute Gasteiger partial charge is 0.494 e. The van der Waals surface area contributed by atoms with Gasteiger partial charge in [0.2, 0.25) is 0 Å². The normalized spacial score (nSPS) is 27.4. The first-order valence-corrected chi connectivity index (χ1v) is 12.6. The van der Waals surface area contributed by atoms with Crippen molar-refractivity contribution in [1.29, 1.82) is 0 Å². The minimum absolute atomic E-state index is 0.216. The van der Waals surface area contributed by atoms with E-state index in [1.165, 1.54) is 75.3 Å². The Hall–Kier alpha value is -1.31. The predicted octanol–water partition coefficient (Wildman–Crippen LogP) is 8.25. The molecule has 0 aromatic heterocycles. The highest BCUT2D eigenvalue weighted by Gasteiger charge is 2.30. The molecular formula is C28H43FO. The van der Waals surface area contributed by atoms with Gasteiger partial charge in [0.1, 0.15) is 5.75 Å². The van der Waals surface area contributed by atoms with Gasteiger partial charge >= 0.3 is 0 Å². The summed E-state index contributed by atoms with van der Waals surface area (Å²) < 4.78 is 18.1. The summed E-state index contributed by atoms with van der Waals surface area (Å²) in [6.07, 6.45) is 19.7. The van der Waals surface area contributed by atoms with Gasteiger partial charge in [-0.1, -0.05) is 38.0 Å². The van der Waals surface area contributed by atoms with Crippen molar-refractivity contribution in [2.24, 2.45) is 23.7 Å². The Morgan fingerprint density at radius 1 is 1.00 bits per heavy atom. The molecule has 0 aliphatic heterocycles. The highest BCUT2D eigenvalue weighted by Crippen LogP contribution is 2.42. The van der Waals surface area contributed by atoms with E-state index in [-0.39, 0.29) is 6.67 Å². The van der Waals surface area contributed by atoms with Gasteiger partial charge in [-0.15, -0.1) is 0 Å². The Bertz CT molecular complexity index is 636. The second kappa shape index (κ2) is 12.5. The summed E-state index contributed by atoms with van der Waals surface area (Å²) >= 11 is 0. The van der Waals surface area contributed by atoms with Crippen molar-refractivity contribution >= 4 is 0 Å². The smallest absolute Gasteiger partial charge is 0.119 e. The van der Waals surface area contributed by atoms with Crippen molar-refractivity contribution in [2.45, 2.75) is 90.9 Å². The van der Waals surface area contributed by atoms with Crippen LogP contribution in [0.3, 0.4) is 0 Å². The third kappa shape index (κ3) is 7.13. The molecule has 0 heterocycles. The lowest BCUT2D eigenvalue weighted by Gasteiger charge is -2.37. The number of halogens is 1. The molecule has 0 saturated heterocycles. The maximum atomic E-state index is 12.3. The van der Waals surface area contributed by atoms with Crippen LogP contribution in [0.4, 0.5) is 4.39 Å². The molecule has 0 radical (unpaired) electrons. The van der Waals surface area contributed by atoms with Crippen LogP contribution in [0.1, 0.15) is 88.7 Å². The van der Waals surface area contributed by atoms with Crippen molar-refractivity contribution in [1.82, 2.24) is 0 Å². The maximum absolute atomic E-state index is 12.3. The highest BCUT2D eigenvalue weighted by molar-refractivity contribution is 5.35. The van der Waals surface area contributed by atoms with Crippen molar-refractivity contribution in [3.05, 3.63) is 41.5 Å². The van der Waals surface area contributed by atoms with Gasteiger partial charge in [-0.25, -0.2) is 0 Å². The summed E-state index contributed by atoms with van der Waals surface area (Å²) in [5, 5.41) is 0. The molecule has 1 aromatic carbocycles. The molecule has 1 aromatic rings. The summed E-state index contributed by atoms with van der Waals surface area (Å²) in [6.45, 7) is 4.98. The van der Waals surface area contributed by atoms with Gasteiger partial charge in [0.15, 0.2) is 0 Å². The van der Waals surface area contributed by atoms with E-state index < -0.39 is 0 Å². The SMILES string of the molecule is CCCOc1ccc(C)c(CCC2CCC([C@H]3CC[C@H](/C=C/CCF)CC3)CC2)c1. The van der Waals surface area contributed by atoms with Crippen molar-refractivity contribution in [3.8, 4) is 5.75 Å². The van der Waals surface area contributed by atoms with Gasteiger partial charge in [0, 0.05) is 0 Å². The molecule has 2 heteroatoms. The zero-order valence-electron chi connectivity index (χ0n) is 19.4. The molecule has 2 fully saturated rings. The molecule has 0 atom stereocenters. The fourth-order valence-electron chi connectivity index (χ4n) is 5.70. The van der Waals surface area contributed by atoms with Crippen molar-refractivity contribution < 1.29 is 9.13 Å². The van der Waals surface area contributed by atoms with Crippen LogP contribution >= 0.6 is 0 Å². The Morgan fingerprint density at radius 2 is 1.70 bits per heavy atom. The molecule has 3 rings (SSSR count). The van der Waals surface area contributed by atoms with E-state index in [1.807, 2.05) is 0 Å². The molecule has 0 spiro atoms. The molecule has 0 bridgehead atoms. The number of hydrogen-bond acceptors (Lipinski definition) is 1. The molecule has 168 valence electrons. The Kier molecular flexibility index (Phi) is 9.75. The predicted molar refractivity (Wildman–Crippen MR) is 126 cm³/mol. The molecular weight excluding hydrogens is 371 g/mol. The molecule has 0 N–H and O–H groups in total. The highest BCUT2D eigenvalue weighted by atomic mass is 19.1. The Morgan fingerprint density at radius 3 is 2.37 bits per heavy atom. The molecule has 2 saturated carbocycles. The minimum Gasteiger partial charge on any atom is -0.494 e. The summed E-state index contributed by atoms with van der Waals surface area (Å²) in [5.74, 6) is 4.57. The number of rotatable bonds is 10. The maximum Gasteiger partial charge on any atom is 0.119 e. The van der Waals surface area contributed by atoms with Gasteiger partial charge in [0.05, 0.1) is 13.3 Å². The van der Waals surface area contributed by atoms with Crippen molar-refractivity contribution in [3.63, 3.8) is 0 Å². The van der Waals surface area contributed by atoms with Gasteiger partial charge < -0.3 is 4.74 Å². The summed E-state index contributed by atoms with van der Waals surface area (Å²) in [6, 6.07) is 6.61. The van der Waals surface area contributed by atoms with Crippen LogP contribution in [0, 0.1) is 30.6 Å².